The van der Waals surface area contributed by atoms with Crippen LogP contribution >= 0.6 is 0 Å². The number of hydrogen-bond donors (Lipinski definition) is 2. The fourth-order valence-corrected chi connectivity index (χ4v) is 1.59. The second-order valence-electron chi connectivity index (χ2n) is 4.23. The van der Waals surface area contributed by atoms with Crippen LogP contribution in [-0.4, -0.2) is 25.5 Å². The quantitative estimate of drug-likeness (QED) is 0.605. The molecule has 3 nitrogen and oxygen atoms in total. The van der Waals surface area contributed by atoms with Gasteiger partial charge < -0.3 is 10.6 Å². The van der Waals surface area contributed by atoms with Gasteiger partial charge >= 0.3 is 0 Å². The molecule has 0 bridgehead atoms. The van der Waals surface area contributed by atoms with Crippen LogP contribution in [0, 0.1) is 5.41 Å². The van der Waals surface area contributed by atoms with Crippen molar-refractivity contribution in [3.05, 3.63) is 0 Å². The third kappa shape index (κ3) is 3.66. The van der Waals surface area contributed by atoms with Crippen LogP contribution in [0.3, 0.4) is 0 Å². The average molecular weight is 198 g/mol. The maximum Gasteiger partial charge on any atom is 0.221 e. The molecule has 1 aliphatic rings. The van der Waals surface area contributed by atoms with Gasteiger partial charge in [0.1, 0.15) is 0 Å². The second-order valence-corrected chi connectivity index (χ2v) is 4.23. The molecule has 0 saturated heterocycles. The van der Waals surface area contributed by atoms with E-state index in [-0.39, 0.29) is 5.91 Å². The fourth-order valence-electron chi connectivity index (χ4n) is 1.59. The highest BCUT2D eigenvalue weighted by Crippen LogP contribution is 2.47. The summed E-state index contributed by atoms with van der Waals surface area (Å²) in [6, 6.07) is 0. The minimum Gasteiger partial charge on any atom is -0.356 e. The Hall–Kier alpha value is -0.570. The predicted molar refractivity (Wildman–Crippen MR) is 58.1 cm³/mol. The lowest BCUT2D eigenvalue weighted by atomic mass is 10.0. The zero-order chi connectivity index (χ0) is 10.4. The van der Waals surface area contributed by atoms with E-state index in [0.717, 1.165) is 19.6 Å². The first-order chi connectivity index (χ1) is 6.72. The van der Waals surface area contributed by atoms with E-state index in [1.165, 1.54) is 19.3 Å². The Labute approximate surface area is 86.6 Å². The SMILES string of the molecule is CCNCCC(=O)NCC1(CC)CC1. The molecule has 0 aromatic carbocycles. The molecule has 0 aromatic rings. The summed E-state index contributed by atoms with van der Waals surface area (Å²) in [4.78, 5) is 11.4. The maximum absolute atomic E-state index is 11.4. The smallest absolute Gasteiger partial charge is 0.221 e. The molecular weight excluding hydrogens is 176 g/mol. The number of rotatable bonds is 7. The molecule has 0 aliphatic heterocycles. The molecule has 0 heterocycles. The van der Waals surface area contributed by atoms with Crippen molar-refractivity contribution in [2.24, 2.45) is 5.41 Å². The predicted octanol–water partition coefficient (Wildman–Crippen LogP) is 1.29. The van der Waals surface area contributed by atoms with Gasteiger partial charge in [-0.2, -0.15) is 0 Å². The first-order valence-corrected chi connectivity index (χ1v) is 5.70. The van der Waals surface area contributed by atoms with Crippen LogP contribution in [0.15, 0.2) is 0 Å². The molecule has 0 aromatic heterocycles. The van der Waals surface area contributed by atoms with Crippen molar-refractivity contribution in [3.63, 3.8) is 0 Å². The topological polar surface area (TPSA) is 41.1 Å². The minimum atomic E-state index is 0.186. The van der Waals surface area contributed by atoms with Gasteiger partial charge in [-0.25, -0.2) is 0 Å². The zero-order valence-electron chi connectivity index (χ0n) is 9.36. The van der Waals surface area contributed by atoms with E-state index in [9.17, 15) is 4.79 Å². The summed E-state index contributed by atoms with van der Waals surface area (Å²) in [5.41, 5.74) is 0.466. The van der Waals surface area contributed by atoms with Gasteiger partial charge in [0.2, 0.25) is 5.91 Å². The van der Waals surface area contributed by atoms with E-state index >= 15 is 0 Å². The molecule has 14 heavy (non-hydrogen) atoms. The number of nitrogens with one attached hydrogen (secondary N) is 2. The summed E-state index contributed by atoms with van der Waals surface area (Å²) in [6.07, 6.45) is 4.38. The number of carbonyl (C=O) groups excluding carboxylic acids is 1. The first-order valence-electron chi connectivity index (χ1n) is 5.70. The van der Waals surface area contributed by atoms with Gasteiger partial charge in [-0.05, 0) is 31.2 Å². The maximum atomic E-state index is 11.4. The number of hydrogen-bond acceptors (Lipinski definition) is 2. The van der Waals surface area contributed by atoms with Crippen LogP contribution in [0.2, 0.25) is 0 Å². The van der Waals surface area contributed by atoms with Gasteiger partial charge in [0.15, 0.2) is 0 Å². The summed E-state index contributed by atoms with van der Waals surface area (Å²) in [7, 11) is 0. The van der Waals surface area contributed by atoms with Crippen molar-refractivity contribution < 1.29 is 4.79 Å². The number of carbonyl (C=O) groups is 1. The van der Waals surface area contributed by atoms with Crippen molar-refractivity contribution >= 4 is 5.91 Å². The van der Waals surface area contributed by atoms with E-state index in [4.69, 9.17) is 0 Å². The van der Waals surface area contributed by atoms with Gasteiger partial charge in [-0.15, -0.1) is 0 Å². The van der Waals surface area contributed by atoms with Gasteiger partial charge in [-0.1, -0.05) is 13.8 Å². The standard InChI is InChI=1S/C11H22N2O/c1-3-11(6-7-11)9-13-10(14)5-8-12-4-2/h12H,3-9H2,1-2H3,(H,13,14). The molecule has 82 valence electrons. The van der Waals surface area contributed by atoms with Crippen molar-refractivity contribution in [2.75, 3.05) is 19.6 Å². The Morgan fingerprint density at radius 3 is 2.57 bits per heavy atom. The van der Waals surface area contributed by atoms with E-state index in [1.807, 2.05) is 6.92 Å². The molecule has 3 heteroatoms. The normalized spacial score (nSPS) is 17.9. The van der Waals surface area contributed by atoms with Crippen LogP contribution in [0.4, 0.5) is 0 Å². The molecule has 1 fully saturated rings. The highest BCUT2D eigenvalue weighted by Gasteiger charge is 2.40. The van der Waals surface area contributed by atoms with Crippen molar-refractivity contribution in [3.8, 4) is 0 Å². The molecule has 0 unspecified atom stereocenters. The van der Waals surface area contributed by atoms with Gasteiger partial charge in [0.05, 0.1) is 0 Å². The molecule has 1 rings (SSSR count). The molecular formula is C11H22N2O. The summed E-state index contributed by atoms with van der Waals surface area (Å²) >= 11 is 0. The van der Waals surface area contributed by atoms with Crippen LogP contribution < -0.4 is 10.6 Å². The molecule has 0 radical (unpaired) electrons. The Bertz CT molecular complexity index is 188. The summed E-state index contributed by atoms with van der Waals surface area (Å²) in [6.45, 7) is 6.87. The third-order valence-corrected chi connectivity index (χ3v) is 3.15. The van der Waals surface area contributed by atoms with Crippen LogP contribution in [0.1, 0.15) is 39.5 Å². The Balaban J connectivity index is 2.03. The summed E-state index contributed by atoms with van der Waals surface area (Å²) in [5, 5.41) is 6.16. The molecule has 0 spiro atoms. The average Bonchev–Trinajstić information content (AvgIpc) is 2.96. The van der Waals surface area contributed by atoms with Crippen LogP contribution in [-0.2, 0) is 4.79 Å². The largest absolute Gasteiger partial charge is 0.356 e. The molecule has 2 N–H and O–H groups in total. The highest BCUT2D eigenvalue weighted by atomic mass is 16.1. The van der Waals surface area contributed by atoms with E-state index in [0.29, 0.717) is 11.8 Å². The Kier molecular flexibility index (Phi) is 4.39. The van der Waals surface area contributed by atoms with Gasteiger partial charge in [0, 0.05) is 19.5 Å². The van der Waals surface area contributed by atoms with Crippen LogP contribution in [0.5, 0.6) is 0 Å². The van der Waals surface area contributed by atoms with E-state index in [2.05, 4.69) is 17.6 Å². The monoisotopic (exact) mass is 198 g/mol. The summed E-state index contributed by atoms with van der Waals surface area (Å²) in [5.74, 6) is 0.186. The van der Waals surface area contributed by atoms with Crippen molar-refractivity contribution in [2.45, 2.75) is 39.5 Å². The minimum absolute atomic E-state index is 0.186. The van der Waals surface area contributed by atoms with E-state index in [1.54, 1.807) is 0 Å². The van der Waals surface area contributed by atoms with E-state index < -0.39 is 0 Å². The van der Waals surface area contributed by atoms with Crippen molar-refractivity contribution in [1.29, 1.82) is 0 Å². The molecule has 1 amide bonds. The lowest BCUT2D eigenvalue weighted by molar-refractivity contribution is -0.121. The lowest BCUT2D eigenvalue weighted by Crippen LogP contribution is -2.32. The highest BCUT2D eigenvalue weighted by molar-refractivity contribution is 5.76. The van der Waals surface area contributed by atoms with Crippen molar-refractivity contribution in [1.82, 2.24) is 10.6 Å². The van der Waals surface area contributed by atoms with Crippen LogP contribution in [0.25, 0.3) is 0 Å². The molecule has 1 saturated carbocycles. The third-order valence-electron chi connectivity index (χ3n) is 3.15. The Morgan fingerprint density at radius 1 is 1.36 bits per heavy atom. The first kappa shape index (κ1) is 11.5. The molecule has 1 aliphatic carbocycles. The lowest BCUT2D eigenvalue weighted by Gasteiger charge is -2.13. The van der Waals surface area contributed by atoms with Gasteiger partial charge in [0.25, 0.3) is 0 Å². The number of amides is 1. The van der Waals surface area contributed by atoms with Gasteiger partial charge in [-0.3, -0.25) is 4.79 Å². The fraction of sp³-hybridized carbons (Fsp3) is 0.909. The second kappa shape index (κ2) is 5.35. The molecule has 0 atom stereocenters. The zero-order valence-corrected chi connectivity index (χ0v) is 9.36. The Morgan fingerprint density at radius 2 is 2.07 bits per heavy atom. The summed E-state index contributed by atoms with van der Waals surface area (Å²) < 4.78 is 0.